The fourth-order valence-corrected chi connectivity index (χ4v) is 3.29. The molecule has 2 aromatic heterocycles. The number of anilines is 1. The van der Waals surface area contributed by atoms with Gasteiger partial charge in [-0.05, 0) is 30.5 Å². The number of aromatic nitrogens is 2. The number of carbonyl (C=O) groups excluding carboxylic acids is 1. The van der Waals surface area contributed by atoms with Crippen molar-refractivity contribution in [3.63, 3.8) is 0 Å². The molecule has 6 heteroatoms. The minimum atomic E-state index is -0.0695. The third-order valence-corrected chi connectivity index (χ3v) is 4.80. The molecule has 1 amide bonds. The summed E-state index contributed by atoms with van der Waals surface area (Å²) in [5.41, 5.74) is 2.68. The standard InChI is InChI=1S/C20H18N4O2/c1-26-17-5-3-2-4-13(17)16-11-22-19-14(16)6-7-18(23-19)24-20(25)15-10-12(15)8-9-21/h2-7,11-12,15H,8,10H2,1H3,(H2,22,23,24,25)/t12?,15-/m0/s1. The number of nitrogens with zero attached hydrogens (tertiary/aromatic N) is 2. The van der Waals surface area contributed by atoms with Gasteiger partial charge in [0.05, 0.1) is 13.2 Å². The number of hydrogen-bond donors (Lipinski definition) is 2. The predicted octanol–water partition coefficient (Wildman–Crippen LogP) is 3.73. The van der Waals surface area contributed by atoms with Crippen molar-refractivity contribution in [2.24, 2.45) is 11.8 Å². The van der Waals surface area contributed by atoms with Crippen molar-refractivity contribution < 1.29 is 9.53 Å². The topological polar surface area (TPSA) is 90.8 Å². The molecule has 1 aliphatic carbocycles. The molecule has 2 N–H and O–H groups in total. The fourth-order valence-electron chi connectivity index (χ4n) is 3.29. The molecule has 0 aliphatic heterocycles. The number of para-hydroxylation sites is 1. The predicted molar refractivity (Wildman–Crippen MR) is 98.5 cm³/mol. The number of ether oxygens (including phenoxy) is 1. The SMILES string of the molecule is COc1ccccc1-c1c[nH]c2nc(NC(=O)[C@H]3CC3CC#N)ccc12. The van der Waals surface area contributed by atoms with Crippen molar-refractivity contribution in [3.8, 4) is 22.9 Å². The van der Waals surface area contributed by atoms with Crippen LogP contribution >= 0.6 is 0 Å². The van der Waals surface area contributed by atoms with Gasteiger partial charge in [-0.1, -0.05) is 18.2 Å². The molecule has 1 aromatic carbocycles. The first-order valence-corrected chi connectivity index (χ1v) is 8.50. The summed E-state index contributed by atoms with van der Waals surface area (Å²) in [6, 6.07) is 13.7. The van der Waals surface area contributed by atoms with E-state index in [0.29, 0.717) is 17.9 Å². The highest BCUT2D eigenvalue weighted by Gasteiger charge is 2.42. The molecule has 130 valence electrons. The number of hydrogen-bond acceptors (Lipinski definition) is 4. The molecule has 2 atom stereocenters. The van der Waals surface area contributed by atoms with Gasteiger partial charge >= 0.3 is 0 Å². The van der Waals surface area contributed by atoms with Gasteiger partial charge < -0.3 is 15.0 Å². The molecule has 0 radical (unpaired) electrons. The van der Waals surface area contributed by atoms with Crippen LogP contribution in [0, 0.1) is 23.2 Å². The van der Waals surface area contributed by atoms with Gasteiger partial charge in [0.1, 0.15) is 17.2 Å². The van der Waals surface area contributed by atoms with Crippen molar-refractivity contribution in [1.82, 2.24) is 9.97 Å². The second-order valence-corrected chi connectivity index (χ2v) is 6.45. The molecule has 6 nitrogen and oxygen atoms in total. The van der Waals surface area contributed by atoms with Crippen LogP contribution in [0.25, 0.3) is 22.2 Å². The van der Waals surface area contributed by atoms with Gasteiger partial charge in [0.15, 0.2) is 0 Å². The Labute approximate surface area is 150 Å². The zero-order valence-electron chi connectivity index (χ0n) is 14.3. The smallest absolute Gasteiger partial charge is 0.228 e. The van der Waals surface area contributed by atoms with Gasteiger partial charge in [0.25, 0.3) is 0 Å². The Bertz CT molecular complexity index is 1020. The van der Waals surface area contributed by atoms with E-state index in [2.05, 4.69) is 21.4 Å². The quantitative estimate of drug-likeness (QED) is 0.736. The third kappa shape index (κ3) is 2.88. The van der Waals surface area contributed by atoms with Crippen molar-refractivity contribution >= 4 is 22.8 Å². The molecule has 26 heavy (non-hydrogen) atoms. The Balaban J connectivity index is 1.58. The maximum Gasteiger partial charge on any atom is 0.228 e. The van der Waals surface area contributed by atoms with Crippen LogP contribution in [-0.2, 0) is 4.79 Å². The Kier molecular flexibility index (Phi) is 4.05. The molecule has 2 heterocycles. The van der Waals surface area contributed by atoms with Crippen LogP contribution in [-0.4, -0.2) is 23.0 Å². The molecule has 1 fully saturated rings. The summed E-state index contributed by atoms with van der Waals surface area (Å²) in [5, 5.41) is 12.5. The minimum Gasteiger partial charge on any atom is -0.496 e. The Morgan fingerprint density at radius 3 is 3.00 bits per heavy atom. The van der Waals surface area contributed by atoms with Crippen LogP contribution in [0.15, 0.2) is 42.6 Å². The van der Waals surface area contributed by atoms with Gasteiger partial charge in [-0.15, -0.1) is 0 Å². The number of pyridine rings is 1. The number of nitrogens with one attached hydrogen (secondary N) is 2. The van der Waals surface area contributed by atoms with Gasteiger partial charge in [-0.25, -0.2) is 4.98 Å². The normalized spacial score (nSPS) is 18.3. The number of methoxy groups -OCH3 is 1. The van der Waals surface area contributed by atoms with Crippen molar-refractivity contribution in [2.45, 2.75) is 12.8 Å². The van der Waals surface area contributed by atoms with Crippen LogP contribution in [0.4, 0.5) is 5.82 Å². The highest BCUT2D eigenvalue weighted by molar-refractivity contribution is 5.98. The summed E-state index contributed by atoms with van der Waals surface area (Å²) in [4.78, 5) is 19.9. The highest BCUT2D eigenvalue weighted by Crippen LogP contribution is 2.41. The Morgan fingerprint density at radius 2 is 2.19 bits per heavy atom. The summed E-state index contributed by atoms with van der Waals surface area (Å²) in [6.45, 7) is 0. The van der Waals surface area contributed by atoms with E-state index >= 15 is 0 Å². The van der Waals surface area contributed by atoms with Crippen LogP contribution in [0.5, 0.6) is 5.75 Å². The fraction of sp³-hybridized carbons (Fsp3) is 0.250. The number of carbonyl (C=O) groups is 1. The molecule has 3 aromatic rings. The second kappa shape index (κ2) is 6.52. The molecule has 1 aliphatic rings. The van der Waals surface area contributed by atoms with Crippen molar-refractivity contribution in [3.05, 3.63) is 42.6 Å². The van der Waals surface area contributed by atoms with E-state index in [9.17, 15) is 4.79 Å². The maximum atomic E-state index is 12.2. The van der Waals surface area contributed by atoms with E-state index in [1.165, 1.54) is 0 Å². The summed E-state index contributed by atoms with van der Waals surface area (Å²) in [5.74, 6) is 1.36. The zero-order chi connectivity index (χ0) is 18.1. The van der Waals surface area contributed by atoms with Crippen molar-refractivity contribution in [2.75, 3.05) is 12.4 Å². The van der Waals surface area contributed by atoms with Gasteiger partial charge in [0.2, 0.25) is 5.91 Å². The number of amides is 1. The summed E-state index contributed by atoms with van der Waals surface area (Å²) >= 11 is 0. The maximum absolute atomic E-state index is 12.2. The summed E-state index contributed by atoms with van der Waals surface area (Å²) < 4.78 is 5.44. The Hall–Kier alpha value is -3.33. The first-order valence-electron chi connectivity index (χ1n) is 8.50. The van der Waals surface area contributed by atoms with Gasteiger partial charge in [0, 0.05) is 35.0 Å². The lowest BCUT2D eigenvalue weighted by Gasteiger charge is -2.07. The number of benzene rings is 1. The molecule has 0 bridgehead atoms. The molecule has 0 spiro atoms. The molecule has 1 saturated carbocycles. The molecule has 4 rings (SSSR count). The average Bonchev–Trinajstić information content (AvgIpc) is 3.31. The average molecular weight is 346 g/mol. The number of nitriles is 1. The van der Waals surface area contributed by atoms with Crippen LogP contribution in [0.2, 0.25) is 0 Å². The molecular weight excluding hydrogens is 328 g/mol. The van der Waals surface area contributed by atoms with Gasteiger partial charge in [-0.2, -0.15) is 5.26 Å². The summed E-state index contributed by atoms with van der Waals surface area (Å²) in [6.07, 6.45) is 3.11. The van der Waals surface area contributed by atoms with E-state index in [1.54, 1.807) is 13.2 Å². The molecular formula is C20H18N4O2. The zero-order valence-corrected chi connectivity index (χ0v) is 14.3. The lowest BCUT2D eigenvalue weighted by Crippen LogP contribution is -2.15. The largest absolute Gasteiger partial charge is 0.496 e. The first-order chi connectivity index (χ1) is 12.7. The van der Waals surface area contributed by atoms with Crippen molar-refractivity contribution in [1.29, 1.82) is 5.26 Å². The molecule has 0 saturated heterocycles. The number of fused-ring (bicyclic) bond motifs is 1. The minimum absolute atomic E-state index is 0.0615. The van der Waals surface area contributed by atoms with E-state index in [0.717, 1.165) is 28.7 Å². The van der Waals surface area contributed by atoms with E-state index < -0.39 is 0 Å². The lowest BCUT2D eigenvalue weighted by atomic mass is 10.0. The van der Waals surface area contributed by atoms with E-state index in [1.807, 2.05) is 36.5 Å². The van der Waals surface area contributed by atoms with Crippen LogP contribution < -0.4 is 10.1 Å². The van der Waals surface area contributed by atoms with E-state index in [4.69, 9.17) is 10.00 Å². The number of aromatic amines is 1. The lowest BCUT2D eigenvalue weighted by molar-refractivity contribution is -0.117. The first kappa shape index (κ1) is 16.2. The Morgan fingerprint density at radius 1 is 1.35 bits per heavy atom. The summed E-state index contributed by atoms with van der Waals surface area (Å²) in [7, 11) is 1.65. The number of rotatable bonds is 5. The second-order valence-electron chi connectivity index (χ2n) is 6.45. The van der Waals surface area contributed by atoms with Crippen LogP contribution in [0.1, 0.15) is 12.8 Å². The monoisotopic (exact) mass is 346 g/mol. The van der Waals surface area contributed by atoms with Gasteiger partial charge in [-0.3, -0.25) is 4.79 Å². The van der Waals surface area contributed by atoms with E-state index in [-0.39, 0.29) is 17.7 Å². The highest BCUT2D eigenvalue weighted by atomic mass is 16.5. The van der Waals surface area contributed by atoms with Crippen LogP contribution in [0.3, 0.4) is 0 Å². The molecule has 1 unspecified atom stereocenters. The third-order valence-electron chi connectivity index (χ3n) is 4.80. The number of H-pyrrole nitrogens is 1.